The van der Waals surface area contributed by atoms with E-state index in [9.17, 15) is 4.79 Å². The average molecular weight is 367 g/mol. The minimum atomic E-state index is -0.660. The highest BCUT2D eigenvalue weighted by molar-refractivity contribution is 5.82. The lowest BCUT2D eigenvalue weighted by atomic mass is 9.83. The van der Waals surface area contributed by atoms with Crippen LogP contribution in [0.3, 0.4) is 0 Å². The summed E-state index contributed by atoms with van der Waals surface area (Å²) < 4.78 is 17.9. The lowest BCUT2D eigenvalue weighted by Crippen LogP contribution is -2.49. The Kier molecular flexibility index (Phi) is 4.68. The van der Waals surface area contributed by atoms with Crippen molar-refractivity contribution in [1.29, 1.82) is 0 Å². The molecule has 0 aliphatic carbocycles. The summed E-state index contributed by atoms with van der Waals surface area (Å²) in [6, 6.07) is 15.2. The molecule has 0 aromatic heterocycles. The molecular formula is C22H25NO4. The molecule has 1 amide bonds. The molecule has 0 radical (unpaired) electrons. The Morgan fingerprint density at radius 2 is 1.70 bits per heavy atom. The number of fused-ring (bicyclic) bond motifs is 2. The zero-order chi connectivity index (χ0) is 18.9. The van der Waals surface area contributed by atoms with Gasteiger partial charge >= 0.3 is 0 Å². The number of benzene rings is 2. The fraction of sp³-hybridized carbons (Fsp3) is 0.409. The number of rotatable bonds is 4. The van der Waals surface area contributed by atoms with Crippen molar-refractivity contribution in [3.05, 3.63) is 54.1 Å². The number of amides is 1. The molecule has 2 atom stereocenters. The number of para-hydroxylation sites is 3. The highest BCUT2D eigenvalue weighted by atomic mass is 16.6. The molecule has 0 bridgehead atoms. The molecule has 5 nitrogen and oxygen atoms in total. The summed E-state index contributed by atoms with van der Waals surface area (Å²) in [4.78, 5) is 12.9. The third-order valence-electron chi connectivity index (χ3n) is 5.60. The standard InChI is InChI=1S/C22H25NO4/c1-3-22(4-2)13-16(15-9-5-6-10-17(15)27-22)23-21(24)20-14-25-18-11-7-8-12-19(18)26-20/h5-12,16,20H,3-4,13-14H2,1-2H3,(H,23,24). The normalized spacial score (nSPS) is 22.3. The second-order valence-electron chi connectivity index (χ2n) is 7.16. The summed E-state index contributed by atoms with van der Waals surface area (Å²) in [7, 11) is 0. The molecule has 0 saturated carbocycles. The van der Waals surface area contributed by atoms with Gasteiger partial charge in [0, 0.05) is 12.0 Å². The Hall–Kier alpha value is -2.69. The van der Waals surface area contributed by atoms with Gasteiger partial charge in [0.2, 0.25) is 6.10 Å². The van der Waals surface area contributed by atoms with Crippen molar-refractivity contribution >= 4 is 5.91 Å². The first kappa shape index (κ1) is 17.7. The van der Waals surface area contributed by atoms with E-state index in [1.54, 1.807) is 0 Å². The van der Waals surface area contributed by atoms with E-state index in [-0.39, 0.29) is 24.2 Å². The molecule has 2 aromatic carbocycles. The van der Waals surface area contributed by atoms with Crippen LogP contribution in [-0.4, -0.2) is 24.2 Å². The van der Waals surface area contributed by atoms with Gasteiger partial charge in [0.15, 0.2) is 11.5 Å². The van der Waals surface area contributed by atoms with E-state index in [0.717, 1.165) is 30.6 Å². The summed E-state index contributed by atoms with van der Waals surface area (Å²) in [5.74, 6) is 1.97. The molecule has 2 aliphatic heterocycles. The molecule has 2 aromatic rings. The highest BCUT2D eigenvalue weighted by Gasteiger charge is 2.40. The number of nitrogens with one attached hydrogen (secondary N) is 1. The van der Waals surface area contributed by atoms with Crippen LogP contribution in [0.4, 0.5) is 0 Å². The topological polar surface area (TPSA) is 56.8 Å². The molecule has 0 spiro atoms. The molecule has 4 rings (SSSR count). The third-order valence-corrected chi connectivity index (χ3v) is 5.60. The number of carbonyl (C=O) groups excluding carboxylic acids is 1. The lowest BCUT2D eigenvalue weighted by molar-refractivity contribution is -0.131. The maximum absolute atomic E-state index is 12.9. The molecule has 1 N–H and O–H groups in total. The smallest absolute Gasteiger partial charge is 0.265 e. The largest absolute Gasteiger partial charge is 0.487 e. The number of hydrogen-bond donors (Lipinski definition) is 1. The van der Waals surface area contributed by atoms with Crippen molar-refractivity contribution < 1.29 is 19.0 Å². The van der Waals surface area contributed by atoms with Crippen LogP contribution in [0.2, 0.25) is 0 Å². The van der Waals surface area contributed by atoms with Crippen molar-refractivity contribution in [3.63, 3.8) is 0 Å². The fourth-order valence-electron chi connectivity index (χ4n) is 3.84. The summed E-state index contributed by atoms with van der Waals surface area (Å²) >= 11 is 0. The van der Waals surface area contributed by atoms with Crippen molar-refractivity contribution in [2.45, 2.75) is 50.9 Å². The summed E-state index contributed by atoms with van der Waals surface area (Å²) in [6.07, 6.45) is 1.86. The van der Waals surface area contributed by atoms with Crippen LogP contribution >= 0.6 is 0 Å². The van der Waals surface area contributed by atoms with E-state index in [4.69, 9.17) is 14.2 Å². The van der Waals surface area contributed by atoms with Gasteiger partial charge in [0.05, 0.1) is 6.04 Å². The van der Waals surface area contributed by atoms with Crippen molar-refractivity contribution in [2.24, 2.45) is 0 Å². The monoisotopic (exact) mass is 367 g/mol. The molecule has 0 fully saturated rings. The Labute approximate surface area is 159 Å². The Bertz CT molecular complexity index is 831. The van der Waals surface area contributed by atoms with Crippen LogP contribution < -0.4 is 19.5 Å². The average Bonchev–Trinajstić information content (AvgIpc) is 2.73. The Morgan fingerprint density at radius 1 is 1.04 bits per heavy atom. The van der Waals surface area contributed by atoms with Crippen molar-refractivity contribution in [1.82, 2.24) is 5.32 Å². The van der Waals surface area contributed by atoms with E-state index in [1.165, 1.54) is 0 Å². The highest BCUT2D eigenvalue weighted by Crippen LogP contribution is 2.42. The maximum Gasteiger partial charge on any atom is 0.265 e. The van der Waals surface area contributed by atoms with Crippen LogP contribution in [0.15, 0.2) is 48.5 Å². The SMILES string of the molecule is CCC1(CC)CC(NC(=O)C2COc3ccccc3O2)c2ccccc2O1. The van der Waals surface area contributed by atoms with Gasteiger partial charge in [-0.05, 0) is 31.0 Å². The van der Waals surface area contributed by atoms with E-state index in [1.807, 2.05) is 48.5 Å². The number of ether oxygens (including phenoxy) is 3. The summed E-state index contributed by atoms with van der Waals surface area (Å²) in [5, 5.41) is 3.18. The van der Waals surface area contributed by atoms with Gasteiger partial charge in [-0.15, -0.1) is 0 Å². The van der Waals surface area contributed by atoms with Crippen LogP contribution in [0.25, 0.3) is 0 Å². The Morgan fingerprint density at radius 3 is 2.44 bits per heavy atom. The first-order chi connectivity index (χ1) is 13.1. The number of hydrogen-bond acceptors (Lipinski definition) is 4. The minimum absolute atomic E-state index is 0.108. The maximum atomic E-state index is 12.9. The fourth-order valence-corrected chi connectivity index (χ4v) is 3.84. The van der Waals surface area contributed by atoms with Gasteiger partial charge in [0.25, 0.3) is 5.91 Å². The second-order valence-corrected chi connectivity index (χ2v) is 7.16. The molecule has 27 heavy (non-hydrogen) atoms. The zero-order valence-electron chi connectivity index (χ0n) is 15.7. The first-order valence-corrected chi connectivity index (χ1v) is 9.61. The van der Waals surface area contributed by atoms with Gasteiger partial charge in [-0.25, -0.2) is 0 Å². The summed E-state index contributed by atoms with van der Waals surface area (Å²) in [6.45, 7) is 4.47. The molecule has 2 heterocycles. The van der Waals surface area contributed by atoms with E-state index in [0.29, 0.717) is 11.5 Å². The quantitative estimate of drug-likeness (QED) is 0.887. The molecule has 5 heteroatoms. The molecule has 2 aliphatic rings. The van der Waals surface area contributed by atoms with Crippen LogP contribution in [0.5, 0.6) is 17.2 Å². The van der Waals surface area contributed by atoms with Gasteiger partial charge in [-0.3, -0.25) is 4.79 Å². The van der Waals surface area contributed by atoms with Crippen LogP contribution in [-0.2, 0) is 4.79 Å². The van der Waals surface area contributed by atoms with Crippen molar-refractivity contribution in [2.75, 3.05) is 6.61 Å². The molecule has 0 saturated heterocycles. The van der Waals surface area contributed by atoms with Gasteiger partial charge in [-0.2, -0.15) is 0 Å². The minimum Gasteiger partial charge on any atom is -0.487 e. The molecular weight excluding hydrogens is 342 g/mol. The summed E-state index contributed by atoms with van der Waals surface area (Å²) in [5.41, 5.74) is 0.753. The van der Waals surface area contributed by atoms with Gasteiger partial charge < -0.3 is 19.5 Å². The van der Waals surface area contributed by atoms with E-state index >= 15 is 0 Å². The van der Waals surface area contributed by atoms with Gasteiger partial charge in [0.1, 0.15) is 18.0 Å². The predicted molar refractivity (Wildman–Crippen MR) is 102 cm³/mol. The Balaban J connectivity index is 1.54. The van der Waals surface area contributed by atoms with Crippen LogP contribution in [0.1, 0.15) is 44.7 Å². The van der Waals surface area contributed by atoms with E-state index in [2.05, 4.69) is 19.2 Å². The first-order valence-electron chi connectivity index (χ1n) is 9.61. The molecule has 2 unspecified atom stereocenters. The van der Waals surface area contributed by atoms with E-state index < -0.39 is 6.10 Å². The van der Waals surface area contributed by atoms with Crippen molar-refractivity contribution in [3.8, 4) is 17.2 Å². The van der Waals surface area contributed by atoms with Gasteiger partial charge in [-0.1, -0.05) is 44.2 Å². The van der Waals surface area contributed by atoms with Crippen LogP contribution in [0, 0.1) is 0 Å². The zero-order valence-corrected chi connectivity index (χ0v) is 15.7. The molecule has 142 valence electrons. The second kappa shape index (κ2) is 7.14. The number of carbonyl (C=O) groups is 1. The third kappa shape index (κ3) is 3.34. The predicted octanol–water partition coefficient (Wildman–Crippen LogP) is 4.03. The lowest BCUT2D eigenvalue weighted by Gasteiger charge is -2.42.